The maximum atomic E-state index is 13.9. The van der Waals surface area contributed by atoms with E-state index in [-0.39, 0.29) is 38.8 Å². The number of nitrogens with zero attached hydrogens (tertiary/aromatic N) is 1. The first kappa shape index (κ1) is 27.9. The fraction of sp³-hybridized carbons (Fsp3) is 0.913. The van der Waals surface area contributed by atoms with Gasteiger partial charge in [-0.05, 0) is 46.6 Å². The molecule has 3 atom stereocenters. The number of esters is 1. The van der Waals surface area contributed by atoms with Crippen LogP contribution in [0.25, 0.3) is 0 Å². The first-order valence-corrected chi connectivity index (χ1v) is 12.2. The Morgan fingerprint density at radius 3 is 2.09 bits per heavy atom. The normalized spacial score (nSPS) is 24.3. The largest absolute Gasteiger partial charge is 0.464 e. The van der Waals surface area contributed by atoms with Gasteiger partial charge in [0.15, 0.2) is 12.3 Å². The molecule has 2 fully saturated rings. The molecule has 192 valence electrons. The summed E-state index contributed by atoms with van der Waals surface area (Å²) in [5.74, 6) is -4.70. The summed E-state index contributed by atoms with van der Waals surface area (Å²) in [6.45, 7) is 5.79. The molecule has 2 rings (SSSR count). The van der Waals surface area contributed by atoms with Gasteiger partial charge in [-0.3, -0.25) is 9.69 Å². The van der Waals surface area contributed by atoms with Crippen molar-refractivity contribution in [3.63, 3.8) is 0 Å². The van der Waals surface area contributed by atoms with Crippen molar-refractivity contribution in [2.24, 2.45) is 11.8 Å². The quantitative estimate of drug-likeness (QED) is 0.292. The van der Waals surface area contributed by atoms with Crippen LogP contribution < -0.4 is 5.32 Å². The van der Waals surface area contributed by atoms with Crippen LogP contribution in [0.2, 0.25) is 0 Å². The highest BCUT2D eigenvalue weighted by Crippen LogP contribution is 2.39. The number of carbonyl (C=O) groups excluding carboxylic acids is 2. The fourth-order valence-electron chi connectivity index (χ4n) is 4.89. The first-order valence-electron chi connectivity index (χ1n) is 12.2. The second-order valence-corrected chi connectivity index (χ2v) is 8.70. The minimum atomic E-state index is -4.50. The molecule has 0 aromatic rings. The molecule has 33 heavy (non-hydrogen) atoms. The standard InChI is InChI=1S/C23H39F3N2O5/c1-4-31-21(30)19(22(32-5-2)33-6-3)27-20(29)17-15-28(14-13-18(17)23(24,25)26)16-11-9-7-8-10-12-16/h16-19,22H,4-15H2,1-3H3,(H,27,29). The highest BCUT2D eigenvalue weighted by Gasteiger charge is 2.51. The Kier molecular flexibility index (Phi) is 11.4. The van der Waals surface area contributed by atoms with Crippen molar-refractivity contribution in [3.05, 3.63) is 0 Å². The number of nitrogens with one attached hydrogen (secondary N) is 1. The van der Waals surface area contributed by atoms with Gasteiger partial charge in [0.05, 0.1) is 18.4 Å². The first-order chi connectivity index (χ1) is 15.7. The van der Waals surface area contributed by atoms with Crippen molar-refractivity contribution < 1.29 is 37.0 Å². The van der Waals surface area contributed by atoms with Gasteiger partial charge in [-0.25, -0.2) is 4.79 Å². The molecular weight excluding hydrogens is 441 g/mol. The molecule has 10 heteroatoms. The average Bonchev–Trinajstić information content (AvgIpc) is 3.06. The molecule has 1 amide bonds. The van der Waals surface area contributed by atoms with Crippen LogP contribution >= 0.6 is 0 Å². The molecule has 0 aromatic carbocycles. The number of carbonyl (C=O) groups is 2. The molecule has 0 aromatic heterocycles. The number of halogens is 3. The number of likely N-dealkylation sites (tertiary alicyclic amines) is 1. The van der Waals surface area contributed by atoms with E-state index in [0.717, 1.165) is 38.5 Å². The molecule has 1 saturated carbocycles. The van der Waals surface area contributed by atoms with Crippen molar-refractivity contribution in [1.29, 1.82) is 0 Å². The Bertz CT molecular complexity index is 605. The van der Waals surface area contributed by atoms with Crippen LogP contribution in [0.4, 0.5) is 13.2 Å². The monoisotopic (exact) mass is 480 g/mol. The van der Waals surface area contributed by atoms with Gasteiger partial charge < -0.3 is 19.5 Å². The third-order valence-corrected chi connectivity index (χ3v) is 6.51. The van der Waals surface area contributed by atoms with E-state index >= 15 is 0 Å². The van der Waals surface area contributed by atoms with Crippen molar-refractivity contribution in [2.75, 3.05) is 32.9 Å². The molecule has 1 N–H and O–H groups in total. The zero-order valence-electron chi connectivity index (χ0n) is 20.0. The van der Waals surface area contributed by atoms with Crippen molar-refractivity contribution in [2.45, 2.75) is 90.3 Å². The van der Waals surface area contributed by atoms with Crippen LogP contribution in [-0.2, 0) is 23.8 Å². The summed E-state index contributed by atoms with van der Waals surface area (Å²) in [7, 11) is 0. The van der Waals surface area contributed by atoms with Gasteiger partial charge in [-0.1, -0.05) is 25.7 Å². The number of rotatable bonds is 10. The molecule has 0 spiro atoms. The second-order valence-electron chi connectivity index (χ2n) is 8.70. The second kappa shape index (κ2) is 13.5. The fourth-order valence-corrected chi connectivity index (χ4v) is 4.89. The van der Waals surface area contributed by atoms with E-state index in [9.17, 15) is 22.8 Å². The van der Waals surface area contributed by atoms with E-state index in [2.05, 4.69) is 5.32 Å². The van der Waals surface area contributed by atoms with E-state index in [1.807, 2.05) is 4.90 Å². The number of hydrogen-bond donors (Lipinski definition) is 1. The SMILES string of the molecule is CCOC(=O)C(NC(=O)C1CN(C2CCCCCC2)CCC1C(F)(F)F)C(OCC)OCC. The van der Waals surface area contributed by atoms with Gasteiger partial charge in [0.2, 0.25) is 5.91 Å². The van der Waals surface area contributed by atoms with E-state index in [0.29, 0.717) is 6.54 Å². The number of ether oxygens (including phenoxy) is 3. The average molecular weight is 481 g/mol. The number of amides is 1. The summed E-state index contributed by atoms with van der Waals surface area (Å²) in [4.78, 5) is 27.8. The highest BCUT2D eigenvalue weighted by atomic mass is 19.4. The summed E-state index contributed by atoms with van der Waals surface area (Å²) < 4.78 is 57.5. The number of hydrogen-bond acceptors (Lipinski definition) is 6. The van der Waals surface area contributed by atoms with Crippen LogP contribution in [0, 0.1) is 11.8 Å². The van der Waals surface area contributed by atoms with Gasteiger partial charge in [0, 0.05) is 25.8 Å². The van der Waals surface area contributed by atoms with Gasteiger partial charge in [0.1, 0.15) is 0 Å². The highest BCUT2D eigenvalue weighted by molar-refractivity contribution is 5.86. The lowest BCUT2D eigenvalue weighted by molar-refractivity contribution is -0.205. The number of piperidine rings is 1. The molecule has 3 unspecified atom stereocenters. The minimum absolute atomic E-state index is 0.0180. The molecule has 1 saturated heterocycles. The number of alkyl halides is 3. The Morgan fingerprint density at radius 1 is 0.970 bits per heavy atom. The van der Waals surface area contributed by atoms with Gasteiger partial charge >= 0.3 is 12.1 Å². The van der Waals surface area contributed by atoms with E-state index in [4.69, 9.17) is 14.2 Å². The van der Waals surface area contributed by atoms with E-state index in [1.54, 1.807) is 20.8 Å². The molecule has 2 aliphatic rings. The van der Waals surface area contributed by atoms with Crippen molar-refractivity contribution >= 4 is 11.9 Å². The van der Waals surface area contributed by atoms with Crippen molar-refractivity contribution in [1.82, 2.24) is 10.2 Å². The summed E-state index contributed by atoms with van der Waals surface area (Å²) in [6.07, 6.45) is 0.466. The maximum Gasteiger partial charge on any atom is 0.392 e. The van der Waals surface area contributed by atoms with E-state index < -0.39 is 42.2 Å². The summed E-state index contributed by atoms with van der Waals surface area (Å²) >= 11 is 0. The molecule has 7 nitrogen and oxygen atoms in total. The van der Waals surface area contributed by atoms with Crippen LogP contribution in [0.5, 0.6) is 0 Å². The van der Waals surface area contributed by atoms with E-state index in [1.165, 1.54) is 0 Å². The van der Waals surface area contributed by atoms with Gasteiger partial charge in [-0.2, -0.15) is 13.2 Å². The molecule has 0 bridgehead atoms. The molecule has 0 radical (unpaired) electrons. The van der Waals surface area contributed by atoms with Gasteiger partial charge in [-0.15, -0.1) is 0 Å². The smallest absolute Gasteiger partial charge is 0.392 e. The Balaban J connectivity index is 2.23. The molecule has 1 heterocycles. The summed E-state index contributed by atoms with van der Waals surface area (Å²) in [6, 6.07) is -1.16. The maximum absolute atomic E-state index is 13.9. The lowest BCUT2D eigenvalue weighted by atomic mass is 9.83. The predicted molar refractivity (Wildman–Crippen MR) is 116 cm³/mol. The lowest BCUT2D eigenvalue weighted by Crippen LogP contribution is -2.58. The summed E-state index contributed by atoms with van der Waals surface area (Å²) in [5.41, 5.74) is 0. The van der Waals surface area contributed by atoms with Crippen LogP contribution in [0.1, 0.15) is 65.7 Å². The minimum Gasteiger partial charge on any atom is -0.464 e. The zero-order chi connectivity index (χ0) is 24.4. The molecule has 1 aliphatic carbocycles. The Labute approximate surface area is 194 Å². The third kappa shape index (κ3) is 8.10. The Morgan fingerprint density at radius 2 is 1.58 bits per heavy atom. The molecular formula is C23H39F3N2O5. The van der Waals surface area contributed by atoms with Crippen LogP contribution in [0.15, 0.2) is 0 Å². The third-order valence-electron chi connectivity index (χ3n) is 6.51. The topological polar surface area (TPSA) is 77.1 Å². The Hall–Kier alpha value is -1.39. The zero-order valence-corrected chi connectivity index (χ0v) is 20.0. The van der Waals surface area contributed by atoms with Crippen molar-refractivity contribution in [3.8, 4) is 0 Å². The van der Waals surface area contributed by atoms with Crippen LogP contribution in [0.3, 0.4) is 0 Å². The summed E-state index contributed by atoms with van der Waals surface area (Å²) in [5, 5.41) is 2.49. The molecule has 1 aliphatic heterocycles. The predicted octanol–water partition coefficient (Wildman–Crippen LogP) is 3.66. The van der Waals surface area contributed by atoms with Gasteiger partial charge in [0.25, 0.3) is 0 Å². The lowest BCUT2D eigenvalue weighted by Gasteiger charge is -2.42. The van der Waals surface area contributed by atoms with Crippen LogP contribution in [-0.4, -0.2) is 74.2 Å².